The standard InChI is InChI=1S/C20H20N4O4/c1-22(20(25)15-28-19-9-7-18(8-10-19)24(26)27)12-17-11-21-23(14-17)13-16-5-3-2-4-6-16/h2-11,14H,12-13,15H2,1H3. The maximum Gasteiger partial charge on any atom is 0.269 e. The number of non-ortho nitro benzene ring substituents is 1. The van der Waals surface area contributed by atoms with Crippen molar-refractivity contribution in [2.24, 2.45) is 0 Å². The van der Waals surface area contributed by atoms with E-state index in [-0.39, 0.29) is 18.2 Å². The Balaban J connectivity index is 1.49. The summed E-state index contributed by atoms with van der Waals surface area (Å²) in [5, 5.41) is 15.0. The van der Waals surface area contributed by atoms with Crippen LogP contribution in [0.2, 0.25) is 0 Å². The molecule has 3 aromatic rings. The molecule has 0 unspecified atom stereocenters. The Hall–Kier alpha value is -3.68. The van der Waals surface area contributed by atoms with Crippen LogP contribution in [0.4, 0.5) is 5.69 Å². The third-order valence-electron chi connectivity index (χ3n) is 4.13. The van der Waals surface area contributed by atoms with Crippen LogP contribution in [0.5, 0.6) is 5.75 Å². The highest BCUT2D eigenvalue weighted by Crippen LogP contribution is 2.17. The molecule has 8 heteroatoms. The molecule has 0 saturated carbocycles. The minimum Gasteiger partial charge on any atom is -0.484 e. The first-order valence-electron chi connectivity index (χ1n) is 8.68. The molecule has 144 valence electrons. The van der Waals surface area contributed by atoms with E-state index in [1.165, 1.54) is 24.3 Å². The minimum absolute atomic E-state index is 0.0247. The zero-order valence-corrected chi connectivity index (χ0v) is 15.4. The number of rotatable bonds is 8. The summed E-state index contributed by atoms with van der Waals surface area (Å²) in [5.74, 6) is 0.206. The number of likely N-dealkylation sites (N-methyl/N-ethyl adjacent to an activating group) is 1. The number of aromatic nitrogens is 2. The van der Waals surface area contributed by atoms with E-state index in [9.17, 15) is 14.9 Å². The third-order valence-corrected chi connectivity index (χ3v) is 4.13. The van der Waals surface area contributed by atoms with Gasteiger partial charge in [0.05, 0.1) is 17.7 Å². The number of carbonyl (C=O) groups excluding carboxylic acids is 1. The lowest BCUT2D eigenvalue weighted by molar-refractivity contribution is -0.384. The van der Waals surface area contributed by atoms with Crippen LogP contribution in [0, 0.1) is 10.1 Å². The number of nitro benzene ring substituents is 1. The number of amides is 1. The molecule has 0 radical (unpaired) electrons. The summed E-state index contributed by atoms with van der Waals surface area (Å²) in [6, 6.07) is 15.6. The fourth-order valence-electron chi connectivity index (χ4n) is 2.63. The van der Waals surface area contributed by atoms with Gasteiger partial charge >= 0.3 is 0 Å². The van der Waals surface area contributed by atoms with Gasteiger partial charge in [-0.25, -0.2) is 0 Å². The van der Waals surface area contributed by atoms with Crippen LogP contribution in [-0.4, -0.2) is 39.2 Å². The van der Waals surface area contributed by atoms with Gasteiger partial charge in [-0.1, -0.05) is 30.3 Å². The van der Waals surface area contributed by atoms with Gasteiger partial charge < -0.3 is 9.64 Å². The summed E-state index contributed by atoms with van der Waals surface area (Å²) in [7, 11) is 1.69. The number of nitro groups is 1. The zero-order chi connectivity index (χ0) is 19.9. The molecule has 0 fully saturated rings. The van der Waals surface area contributed by atoms with Crippen LogP contribution < -0.4 is 4.74 Å². The van der Waals surface area contributed by atoms with Gasteiger partial charge in [0.25, 0.3) is 11.6 Å². The van der Waals surface area contributed by atoms with E-state index < -0.39 is 4.92 Å². The number of hydrogen-bond donors (Lipinski definition) is 0. The van der Waals surface area contributed by atoms with Crippen molar-refractivity contribution in [3.8, 4) is 5.75 Å². The van der Waals surface area contributed by atoms with Gasteiger partial charge in [-0.3, -0.25) is 19.6 Å². The summed E-state index contributed by atoms with van der Waals surface area (Å²) in [6.07, 6.45) is 3.65. The van der Waals surface area contributed by atoms with Crippen LogP contribution in [0.1, 0.15) is 11.1 Å². The molecule has 3 rings (SSSR count). The lowest BCUT2D eigenvalue weighted by Gasteiger charge is -2.16. The fraction of sp³-hybridized carbons (Fsp3) is 0.200. The predicted molar refractivity (Wildman–Crippen MR) is 103 cm³/mol. The van der Waals surface area contributed by atoms with Crippen molar-refractivity contribution in [2.75, 3.05) is 13.7 Å². The van der Waals surface area contributed by atoms with Crippen molar-refractivity contribution in [3.05, 3.63) is 88.2 Å². The van der Waals surface area contributed by atoms with Gasteiger partial charge in [-0.15, -0.1) is 0 Å². The van der Waals surface area contributed by atoms with E-state index in [4.69, 9.17) is 4.74 Å². The van der Waals surface area contributed by atoms with Crippen LogP contribution in [-0.2, 0) is 17.9 Å². The molecule has 0 aliphatic heterocycles. The first kappa shape index (κ1) is 19.1. The number of nitrogens with zero attached hydrogens (tertiary/aromatic N) is 4. The Kier molecular flexibility index (Phi) is 6.01. The predicted octanol–water partition coefficient (Wildman–Crippen LogP) is 2.88. The van der Waals surface area contributed by atoms with Crippen LogP contribution >= 0.6 is 0 Å². The lowest BCUT2D eigenvalue weighted by atomic mass is 10.2. The quantitative estimate of drug-likeness (QED) is 0.443. The smallest absolute Gasteiger partial charge is 0.269 e. The molecule has 0 N–H and O–H groups in total. The summed E-state index contributed by atoms with van der Waals surface area (Å²) < 4.78 is 7.24. The average molecular weight is 380 g/mol. The molecule has 1 aromatic heterocycles. The van der Waals surface area contributed by atoms with Gasteiger partial charge in [0, 0.05) is 37.5 Å². The van der Waals surface area contributed by atoms with Crippen molar-refractivity contribution in [1.29, 1.82) is 0 Å². The topological polar surface area (TPSA) is 90.5 Å². The first-order valence-corrected chi connectivity index (χ1v) is 8.68. The van der Waals surface area contributed by atoms with E-state index >= 15 is 0 Å². The maximum absolute atomic E-state index is 12.3. The molecule has 0 saturated heterocycles. The van der Waals surface area contributed by atoms with Gasteiger partial charge in [-0.2, -0.15) is 5.10 Å². The molecular formula is C20H20N4O4. The van der Waals surface area contributed by atoms with Crippen LogP contribution in [0.25, 0.3) is 0 Å². The Morgan fingerprint density at radius 3 is 2.54 bits per heavy atom. The Labute approximate surface area is 162 Å². The molecule has 0 aliphatic rings. The lowest BCUT2D eigenvalue weighted by Crippen LogP contribution is -2.30. The van der Waals surface area contributed by atoms with E-state index in [1.807, 2.05) is 41.2 Å². The maximum atomic E-state index is 12.3. The highest BCUT2D eigenvalue weighted by Gasteiger charge is 2.12. The average Bonchev–Trinajstić information content (AvgIpc) is 3.13. The number of benzene rings is 2. The molecule has 0 aliphatic carbocycles. The van der Waals surface area contributed by atoms with E-state index in [0.717, 1.165) is 11.1 Å². The van der Waals surface area contributed by atoms with Crippen molar-refractivity contribution < 1.29 is 14.5 Å². The Bertz CT molecular complexity index is 938. The Morgan fingerprint density at radius 2 is 1.86 bits per heavy atom. The molecule has 0 bridgehead atoms. The second-order valence-electron chi connectivity index (χ2n) is 6.32. The third kappa shape index (κ3) is 5.16. The molecule has 0 atom stereocenters. The molecular weight excluding hydrogens is 360 g/mol. The Morgan fingerprint density at radius 1 is 1.14 bits per heavy atom. The molecule has 1 heterocycles. The second-order valence-corrected chi connectivity index (χ2v) is 6.32. The first-order chi connectivity index (χ1) is 13.5. The van der Waals surface area contributed by atoms with Crippen molar-refractivity contribution >= 4 is 11.6 Å². The van der Waals surface area contributed by atoms with Crippen LogP contribution in [0.15, 0.2) is 67.0 Å². The number of hydrogen-bond acceptors (Lipinski definition) is 5. The van der Waals surface area contributed by atoms with Crippen LogP contribution in [0.3, 0.4) is 0 Å². The summed E-state index contributed by atoms with van der Waals surface area (Å²) in [5.41, 5.74) is 2.04. The van der Waals surface area contributed by atoms with Crippen molar-refractivity contribution in [3.63, 3.8) is 0 Å². The summed E-state index contributed by atoms with van der Waals surface area (Å²) >= 11 is 0. The number of ether oxygens (including phenoxy) is 1. The molecule has 1 amide bonds. The summed E-state index contributed by atoms with van der Waals surface area (Å²) in [6.45, 7) is 0.936. The second kappa shape index (κ2) is 8.81. The van der Waals surface area contributed by atoms with Gasteiger partial charge in [0.1, 0.15) is 5.75 Å². The van der Waals surface area contributed by atoms with E-state index in [0.29, 0.717) is 18.8 Å². The summed E-state index contributed by atoms with van der Waals surface area (Å²) in [4.78, 5) is 24.0. The van der Waals surface area contributed by atoms with Crippen molar-refractivity contribution in [2.45, 2.75) is 13.1 Å². The van der Waals surface area contributed by atoms with Gasteiger partial charge in [0.15, 0.2) is 6.61 Å². The monoisotopic (exact) mass is 380 g/mol. The largest absolute Gasteiger partial charge is 0.484 e. The van der Waals surface area contributed by atoms with Gasteiger partial charge in [0.2, 0.25) is 0 Å². The highest BCUT2D eigenvalue weighted by atomic mass is 16.6. The molecule has 28 heavy (non-hydrogen) atoms. The minimum atomic E-state index is -0.485. The molecule has 8 nitrogen and oxygen atoms in total. The normalized spacial score (nSPS) is 10.5. The van der Waals surface area contributed by atoms with E-state index in [2.05, 4.69) is 5.10 Å². The van der Waals surface area contributed by atoms with Gasteiger partial charge in [-0.05, 0) is 17.7 Å². The SMILES string of the molecule is CN(Cc1cnn(Cc2ccccc2)c1)C(=O)COc1ccc([N+](=O)[O-])cc1. The highest BCUT2D eigenvalue weighted by molar-refractivity contribution is 5.77. The zero-order valence-electron chi connectivity index (χ0n) is 15.4. The molecule has 0 spiro atoms. The number of carbonyl (C=O) groups is 1. The molecule has 2 aromatic carbocycles. The van der Waals surface area contributed by atoms with E-state index in [1.54, 1.807) is 18.1 Å². The fourth-order valence-corrected chi connectivity index (χ4v) is 2.63. The van der Waals surface area contributed by atoms with Crippen molar-refractivity contribution in [1.82, 2.24) is 14.7 Å².